The summed E-state index contributed by atoms with van der Waals surface area (Å²) in [6.07, 6.45) is 7.95. The summed E-state index contributed by atoms with van der Waals surface area (Å²) >= 11 is 0. The zero-order valence-corrected chi connectivity index (χ0v) is 16.9. The predicted molar refractivity (Wildman–Crippen MR) is 106 cm³/mol. The van der Waals surface area contributed by atoms with E-state index < -0.39 is 9.84 Å². The van der Waals surface area contributed by atoms with Crippen molar-refractivity contribution in [2.24, 2.45) is 5.92 Å². The van der Waals surface area contributed by atoms with Gasteiger partial charge in [0.15, 0.2) is 9.84 Å². The van der Waals surface area contributed by atoms with Crippen molar-refractivity contribution in [2.45, 2.75) is 44.1 Å². The average molecular weight is 390 g/mol. The van der Waals surface area contributed by atoms with Crippen molar-refractivity contribution in [1.82, 2.24) is 9.97 Å². The molecule has 6 nitrogen and oxygen atoms in total. The lowest BCUT2D eigenvalue weighted by molar-refractivity contribution is 0.132. The number of ether oxygens (including phenoxy) is 1. The molecule has 146 valence electrons. The van der Waals surface area contributed by atoms with Crippen LogP contribution in [0, 0.1) is 5.92 Å². The van der Waals surface area contributed by atoms with Gasteiger partial charge < -0.3 is 9.64 Å². The number of nitrogens with zero attached hydrogens (tertiary/aromatic N) is 3. The van der Waals surface area contributed by atoms with E-state index >= 15 is 0 Å². The maximum Gasteiger partial charge on any atom is 0.225 e. The number of piperidine rings is 1. The Balaban J connectivity index is 1.57. The molecule has 27 heavy (non-hydrogen) atoms. The number of rotatable bonds is 6. The molecular formula is C20H27N3O3S. The molecule has 7 heteroatoms. The van der Waals surface area contributed by atoms with Gasteiger partial charge in [0.05, 0.1) is 11.0 Å². The van der Waals surface area contributed by atoms with Crippen molar-refractivity contribution < 1.29 is 13.2 Å². The van der Waals surface area contributed by atoms with Crippen molar-refractivity contribution in [3.63, 3.8) is 0 Å². The highest BCUT2D eigenvalue weighted by Crippen LogP contribution is 2.27. The summed E-state index contributed by atoms with van der Waals surface area (Å²) in [5.74, 6) is 1.81. The number of aryl methyl sites for hydroxylation is 1. The van der Waals surface area contributed by atoms with Crippen molar-refractivity contribution in [3.05, 3.63) is 42.2 Å². The quantitative estimate of drug-likeness (QED) is 0.756. The van der Waals surface area contributed by atoms with Gasteiger partial charge in [-0.15, -0.1) is 0 Å². The smallest absolute Gasteiger partial charge is 0.225 e. The Bertz CT molecular complexity index is 860. The lowest BCUT2D eigenvalue weighted by Crippen LogP contribution is -2.39. The third kappa shape index (κ3) is 4.97. The van der Waals surface area contributed by atoms with Crippen molar-refractivity contribution in [3.8, 4) is 5.75 Å². The van der Waals surface area contributed by atoms with E-state index in [0.29, 0.717) is 11.7 Å². The molecule has 0 bridgehead atoms. The molecule has 1 aliphatic rings. The van der Waals surface area contributed by atoms with Gasteiger partial charge in [0.1, 0.15) is 5.75 Å². The van der Waals surface area contributed by atoms with Gasteiger partial charge in [-0.05, 0) is 55.9 Å². The zero-order valence-electron chi connectivity index (χ0n) is 16.1. The van der Waals surface area contributed by atoms with E-state index in [1.54, 1.807) is 18.2 Å². The molecule has 1 aliphatic heterocycles. The van der Waals surface area contributed by atoms with Gasteiger partial charge in [-0.3, -0.25) is 0 Å². The van der Waals surface area contributed by atoms with Crippen LogP contribution in [-0.4, -0.2) is 43.8 Å². The van der Waals surface area contributed by atoms with Gasteiger partial charge in [-0.25, -0.2) is 18.4 Å². The van der Waals surface area contributed by atoms with E-state index in [9.17, 15) is 8.42 Å². The molecule has 1 saturated heterocycles. The molecule has 2 aromatic rings. The average Bonchev–Trinajstić information content (AvgIpc) is 2.68. The number of benzene rings is 1. The first-order valence-electron chi connectivity index (χ1n) is 9.39. The molecular weight excluding hydrogens is 362 g/mol. The van der Waals surface area contributed by atoms with Crippen LogP contribution in [-0.2, 0) is 16.3 Å². The van der Waals surface area contributed by atoms with E-state index in [-0.39, 0.29) is 11.0 Å². The summed E-state index contributed by atoms with van der Waals surface area (Å²) in [5, 5.41) is 0. The Morgan fingerprint density at radius 1 is 1.22 bits per heavy atom. The number of anilines is 1. The number of aromatic nitrogens is 2. The van der Waals surface area contributed by atoms with E-state index in [1.165, 1.54) is 6.26 Å². The first kappa shape index (κ1) is 19.6. The Hall–Kier alpha value is -2.15. The molecule has 0 N–H and O–H groups in total. The number of hydrogen-bond donors (Lipinski definition) is 0. The molecule has 0 aliphatic carbocycles. The fourth-order valence-corrected chi connectivity index (χ4v) is 4.01. The molecule has 1 atom stereocenters. The molecule has 1 unspecified atom stereocenters. The zero-order chi connectivity index (χ0) is 19.4. The monoisotopic (exact) mass is 389 g/mol. The van der Waals surface area contributed by atoms with Crippen LogP contribution in [0.3, 0.4) is 0 Å². The van der Waals surface area contributed by atoms with Crippen molar-refractivity contribution in [1.29, 1.82) is 0 Å². The molecule has 0 saturated carbocycles. The predicted octanol–water partition coefficient (Wildman–Crippen LogP) is 3.13. The summed E-state index contributed by atoms with van der Waals surface area (Å²) in [7, 11) is -3.23. The van der Waals surface area contributed by atoms with Gasteiger partial charge >= 0.3 is 0 Å². The second-order valence-electron chi connectivity index (χ2n) is 7.14. The third-order valence-corrected chi connectivity index (χ3v) is 6.25. The van der Waals surface area contributed by atoms with E-state index in [4.69, 9.17) is 4.74 Å². The Labute approximate surface area is 161 Å². The minimum Gasteiger partial charge on any atom is -0.490 e. The Morgan fingerprint density at radius 3 is 2.48 bits per heavy atom. The molecule has 1 aromatic heterocycles. The van der Waals surface area contributed by atoms with Gasteiger partial charge in [0.25, 0.3) is 0 Å². The van der Waals surface area contributed by atoms with Crippen LogP contribution in [0.15, 0.2) is 41.6 Å². The lowest BCUT2D eigenvalue weighted by Gasteiger charge is -2.34. The van der Waals surface area contributed by atoms with E-state index in [0.717, 1.165) is 43.9 Å². The van der Waals surface area contributed by atoms with Crippen LogP contribution in [0.5, 0.6) is 5.75 Å². The van der Waals surface area contributed by atoms with Gasteiger partial charge in [-0.1, -0.05) is 13.0 Å². The summed E-state index contributed by atoms with van der Waals surface area (Å²) in [6, 6.07) is 6.72. The minimum atomic E-state index is -3.23. The van der Waals surface area contributed by atoms with Gasteiger partial charge in [0, 0.05) is 31.7 Å². The highest BCUT2D eigenvalue weighted by Gasteiger charge is 2.26. The van der Waals surface area contributed by atoms with Crippen LogP contribution >= 0.6 is 0 Å². The van der Waals surface area contributed by atoms with Crippen molar-refractivity contribution in [2.75, 3.05) is 24.2 Å². The summed E-state index contributed by atoms with van der Waals surface area (Å²) < 4.78 is 29.5. The van der Waals surface area contributed by atoms with Gasteiger partial charge in [0.2, 0.25) is 5.95 Å². The van der Waals surface area contributed by atoms with E-state index in [1.807, 2.05) is 18.5 Å². The Morgan fingerprint density at radius 2 is 1.89 bits per heavy atom. The van der Waals surface area contributed by atoms with Crippen LogP contribution in [0.4, 0.5) is 5.95 Å². The fraction of sp³-hybridized carbons (Fsp3) is 0.500. The van der Waals surface area contributed by atoms with Crippen LogP contribution in [0.2, 0.25) is 0 Å². The standard InChI is InChI=1S/C20H27N3O3S/c1-4-16-13-21-20(22-14-16)23-10-8-17(9-11-23)15(2)26-18-6-5-7-19(12-18)27(3,24)25/h5-7,12-15,17H,4,8-11H2,1-3H3. The number of sulfone groups is 1. The molecule has 1 fully saturated rings. The highest BCUT2D eigenvalue weighted by molar-refractivity contribution is 7.90. The molecule has 0 amide bonds. The van der Waals surface area contributed by atoms with E-state index in [2.05, 4.69) is 28.7 Å². The van der Waals surface area contributed by atoms with Crippen LogP contribution in [0.1, 0.15) is 32.3 Å². The minimum absolute atomic E-state index is 0.0188. The molecule has 0 radical (unpaired) electrons. The molecule has 2 heterocycles. The van der Waals surface area contributed by atoms with Crippen LogP contribution < -0.4 is 9.64 Å². The SMILES string of the molecule is CCc1cnc(N2CCC(C(C)Oc3cccc(S(C)(=O)=O)c3)CC2)nc1. The fourth-order valence-electron chi connectivity index (χ4n) is 3.35. The maximum atomic E-state index is 11.7. The Kier molecular flexibility index (Phi) is 5.99. The first-order chi connectivity index (χ1) is 12.9. The second-order valence-corrected chi connectivity index (χ2v) is 9.16. The summed E-state index contributed by atoms with van der Waals surface area (Å²) in [5.41, 5.74) is 1.15. The van der Waals surface area contributed by atoms with Gasteiger partial charge in [-0.2, -0.15) is 0 Å². The van der Waals surface area contributed by atoms with Crippen molar-refractivity contribution >= 4 is 15.8 Å². The highest BCUT2D eigenvalue weighted by atomic mass is 32.2. The van der Waals surface area contributed by atoms with Crippen LogP contribution in [0.25, 0.3) is 0 Å². The summed E-state index contributed by atoms with van der Waals surface area (Å²) in [4.78, 5) is 11.4. The topological polar surface area (TPSA) is 72.4 Å². The normalized spacial score (nSPS) is 16.9. The first-order valence-corrected chi connectivity index (χ1v) is 11.3. The number of hydrogen-bond acceptors (Lipinski definition) is 6. The largest absolute Gasteiger partial charge is 0.490 e. The molecule has 3 rings (SSSR count). The summed E-state index contributed by atoms with van der Waals surface area (Å²) in [6.45, 7) is 5.94. The second kappa shape index (κ2) is 8.25. The molecule has 0 spiro atoms. The molecule has 1 aromatic carbocycles. The maximum absolute atomic E-state index is 11.7. The third-order valence-electron chi connectivity index (χ3n) is 5.14. The lowest BCUT2D eigenvalue weighted by atomic mass is 9.92.